The number of aromatic nitrogens is 2. The van der Waals surface area contributed by atoms with Crippen LogP contribution in [0.2, 0.25) is 0 Å². The molecule has 0 radical (unpaired) electrons. The van der Waals surface area contributed by atoms with E-state index in [1.807, 2.05) is 31.5 Å². The van der Waals surface area contributed by atoms with Gasteiger partial charge in [-0.05, 0) is 49.0 Å². The number of esters is 1. The molecule has 0 fully saturated rings. The average molecular weight is 718 g/mol. The molecular weight excluding hydrogens is 679 g/mol. The average Bonchev–Trinajstić information content (AvgIpc) is 3.78. The summed E-state index contributed by atoms with van der Waals surface area (Å²) in [6.45, 7) is 4.15. The lowest BCUT2D eigenvalue weighted by Gasteiger charge is -2.34. The molecule has 2 aromatic heterocycles. The number of thiazole rings is 1. The third-order valence-electron chi connectivity index (χ3n) is 8.81. The quantitative estimate of drug-likeness (QED) is 0.135. The van der Waals surface area contributed by atoms with Crippen LogP contribution in [0.3, 0.4) is 0 Å². The molecule has 4 atom stereocenters. The molecule has 0 aliphatic carbocycles. The van der Waals surface area contributed by atoms with Gasteiger partial charge in [0.25, 0.3) is 0 Å². The zero-order valence-corrected chi connectivity index (χ0v) is 29.7. The first-order chi connectivity index (χ1) is 24.4. The van der Waals surface area contributed by atoms with Gasteiger partial charge in [0.15, 0.2) is 6.67 Å². The predicted octanol–water partition coefficient (Wildman–Crippen LogP) is 5.79. The van der Waals surface area contributed by atoms with E-state index in [0.29, 0.717) is 11.1 Å². The summed E-state index contributed by atoms with van der Waals surface area (Å²) in [4.78, 5) is 35.6. The normalized spacial score (nSPS) is 17.0. The van der Waals surface area contributed by atoms with E-state index in [2.05, 4.69) is 21.5 Å². The van der Waals surface area contributed by atoms with Crippen molar-refractivity contribution < 1.29 is 32.3 Å². The summed E-state index contributed by atoms with van der Waals surface area (Å²) in [6.07, 6.45) is 1.80. The van der Waals surface area contributed by atoms with Crippen molar-refractivity contribution in [3.8, 4) is 17.3 Å². The summed E-state index contributed by atoms with van der Waals surface area (Å²) in [5, 5.41) is 20.9. The molecule has 2 aromatic carbocycles. The monoisotopic (exact) mass is 717 g/mol. The summed E-state index contributed by atoms with van der Waals surface area (Å²) in [5.41, 5.74) is 2.84. The number of pyridine rings is 1. The van der Waals surface area contributed by atoms with E-state index < -0.39 is 35.8 Å². The number of carbonyl (C=O) groups is 2. The highest BCUT2D eigenvalue weighted by molar-refractivity contribution is 7.10. The minimum atomic E-state index is -0.704. The molecule has 1 aliphatic heterocycles. The molecule has 0 saturated heterocycles. The van der Waals surface area contributed by atoms with E-state index in [9.17, 15) is 14.0 Å². The van der Waals surface area contributed by atoms with Crippen molar-refractivity contribution in [2.75, 3.05) is 45.8 Å². The molecular formula is C36H39F2N8O4S+. The topological polar surface area (TPSA) is 133 Å². The van der Waals surface area contributed by atoms with Gasteiger partial charge >= 0.3 is 12.1 Å². The Bertz CT molecular complexity index is 1930. The zero-order valence-electron chi connectivity index (χ0n) is 28.9. The van der Waals surface area contributed by atoms with Crippen LogP contribution in [0.15, 0.2) is 71.3 Å². The molecule has 266 valence electrons. The number of rotatable bonds is 13. The minimum Gasteiger partial charge on any atom is -0.460 e. The second kappa shape index (κ2) is 16.2. The molecule has 15 heteroatoms. The highest BCUT2D eigenvalue weighted by Crippen LogP contribution is 2.38. The Morgan fingerprint density at radius 1 is 1.18 bits per heavy atom. The van der Waals surface area contributed by atoms with Gasteiger partial charge in [-0.2, -0.15) is 5.26 Å². The van der Waals surface area contributed by atoms with E-state index in [-0.39, 0.29) is 48.1 Å². The number of hydrogen-bond donors (Lipinski definition) is 1. The maximum Gasteiger partial charge on any atom is 0.419 e. The number of benzene rings is 2. The molecule has 0 saturated carbocycles. The van der Waals surface area contributed by atoms with Crippen LogP contribution < -0.4 is 10.2 Å². The maximum atomic E-state index is 15.3. The summed E-state index contributed by atoms with van der Waals surface area (Å²) < 4.78 is 41.1. The van der Waals surface area contributed by atoms with Crippen molar-refractivity contribution in [2.24, 2.45) is 5.10 Å². The Balaban J connectivity index is 1.29. The number of halogens is 2. The van der Waals surface area contributed by atoms with Gasteiger partial charge in [0.05, 0.1) is 35.9 Å². The minimum absolute atomic E-state index is 0.0443. The predicted molar refractivity (Wildman–Crippen MR) is 188 cm³/mol. The van der Waals surface area contributed by atoms with E-state index in [1.54, 1.807) is 49.6 Å². The van der Waals surface area contributed by atoms with Crippen LogP contribution in [0.1, 0.15) is 47.4 Å². The summed E-state index contributed by atoms with van der Waals surface area (Å²) in [5.74, 6) is -2.13. The number of hydrogen-bond acceptors (Lipinski definition) is 11. The second-order valence-corrected chi connectivity index (χ2v) is 13.3. The molecule has 1 N–H and O–H groups in total. The van der Waals surface area contributed by atoms with E-state index in [4.69, 9.17) is 19.7 Å². The zero-order chi connectivity index (χ0) is 36.7. The molecule has 12 nitrogen and oxygen atoms in total. The molecule has 4 unspecified atom stereocenters. The molecule has 0 bridgehead atoms. The highest BCUT2D eigenvalue weighted by Gasteiger charge is 2.40. The van der Waals surface area contributed by atoms with Crippen molar-refractivity contribution in [3.63, 3.8) is 0 Å². The third-order valence-corrected chi connectivity index (χ3v) is 9.85. The van der Waals surface area contributed by atoms with Crippen LogP contribution >= 0.6 is 11.3 Å². The number of likely N-dealkylation sites (N-methyl/N-ethyl adjacent to an activating group) is 1. The lowest BCUT2D eigenvalue weighted by Crippen LogP contribution is -2.53. The van der Waals surface area contributed by atoms with Crippen molar-refractivity contribution in [1.82, 2.24) is 20.3 Å². The summed E-state index contributed by atoms with van der Waals surface area (Å²) in [7, 11) is 5.00. The Kier molecular flexibility index (Phi) is 11.7. The van der Waals surface area contributed by atoms with Gasteiger partial charge in [-0.1, -0.05) is 25.1 Å². The number of amides is 1. The van der Waals surface area contributed by atoms with Gasteiger partial charge in [-0.25, -0.2) is 33.0 Å². The number of ether oxygens (including phenoxy) is 2. The van der Waals surface area contributed by atoms with Crippen LogP contribution in [-0.4, -0.2) is 85.0 Å². The van der Waals surface area contributed by atoms with Gasteiger partial charge in [0.1, 0.15) is 24.1 Å². The molecule has 51 heavy (non-hydrogen) atoms. The number of carbonyl (C=O) groups excluding carboxylic acids is 2. The molecule has 4 aromatic rings. The summed E-state index contributed by atoms with van der Waals surface area (Å²) in [6, 6.07) is 16.0. The number of nitrogens with one attached hydrogen (secondary N) is 1. The molecule has 1 aliphatic rings. The van der Waals surface area contributed by atoms with Gasteiger partial charge in [-0.15, -0.1) is 16.4 Å². The maximum absolute atomic E-state index is 15.3. The Morgan fingerprint density at radius 3 is 2.67 bits per heavy atom. The molecule has 0 spiro atoms. The Labute approximate surface area is 299 Å². The van der Waals surface area contributed by atoms with E-state index in [0.717, 1.165) is 28.4 Å². The van der Waals surface area contributed by atoms with Gasteiger partial charge in [0, 0.05) is 55.1 Å². The van der Waals surface area contributed by atoms with E-state index >= 15 is 4.39 Å². The SMILES string of the molecule is CNCC(=O)OCc1cccnc1N(C)C(=O)OC(C)[N+]1(C)C=NN(CC(c2cc(F)ccc2F)C(C)c2nc(-c3ccc(C#N)cc3)cs2)C1. The Morgan fingerprint density at radius 2 is 1.94 bits per heavy atom. The fourth-order valence-electron chi connectivity index (χ4n) is 5.63. The van der Waals surface area contributed by atoms with Gasteiger partial charge in [0.2, 0.25) is 12.6 Å². The third kappa shape index (κ3) is 8.72. The van der Waals surface area contributed by atoms with Crippen molar-refractivity contribution >= 4 is 35.6 Å². The first-order valence-electron chi connectivity index (χ1n) is 16.2. The number of anilines is 1. The second-order valence-electron chi connectivity index (χ2n) is 12.4. The van der Waals surface area contributed by atoms with Crippen molar-refractivity contribution in [2.45, 2.75) is 38.5 Å². The van der Waals surface area contributed by atoms with Gasteiger partial charge in [-0.3, -0.25) is 9.69 Å². The van der Waals surface area contributed by atoms with Crippen LogP contribution in [0.25, 0.3) is 11.3 Å². The molecule has 1 amide bonds. The lowest BCUT2D eigenvalue weighted by atomic mass is 9.86. The standard InChI is InChI=1S/C36H39F2N8O4S/c1-23(35-43-32(20-51-35)26-10-8-25(16-39)9-11-26)30(29-15-28(37)12-13-31(29)38)18-45-22-46(5,21-42-45)24(2)50-36(48)44(4)34-27(7-6-14-41-34)19-49-33(47)17-40-3/h6-15,20-21,23-24,30,40H,17-19,22H2,1-5H3/q+1. The summed E-state index contributed by atoms with van der Waals surface area (Å²) >= 11 is 1.43. The van der Waals surface area contributed by atoms with Crippen molar-refractivity contribution in [3.05, 3.63) is 99.5 Å². The first-order valence-corrected chi connectivity index (χ1v) is 17.0. The Hall–Kier alpha value is -5.30. The first kappa shape index (κ1) is 37.0. The van der Waals surface area contributed by atoms with Crippen LogP contribution in [0.4, 0.5) is 19.4 Å². The highest BCUT2D eigenvalue weighted by atomic mass is 32.1. The number of quaternary nitrogens is 1. The van der Waals surface area contributed by atoms with Gasteiger partial charge < -0.3 is 14.8 Å². The smallest absolute Gasteiger partial charge is 0.419 e. The van der Waals surface area contributed by atoms with Crippen LogP contribution in [-0.2, 0) is 20.9 Å². The lowest BCUT2D eigenvalue weighted by molar-refractivity contribution is -0.864. The fraction of sp³-hybridized carbons (Fsp3) is 0.333. The number of hydrazone groups is 1. The van der Waals surface area contributed by atoms with Crippen molar-refractivity contribution in [1.29, 1.82) is 5.26 Å². The fourth-order valence-corrected chi connectivity index (χ4v) is 6.58. The molecule has 5 rings (SSSR count). The number of nitrogens with zero attached hydrogens (tertiary/aromatic N) is 7. The van der Waals surface area contributed by atoms with E-state index in [1.165, 1.54) is 35.5 Å². The van der Waals surface area contributed by atoms with Crippen LogP contribution in [0, 0.1) is 23.0 Å². The molecule has 3 heterocycles. The largest absolute Gasteiger partial charge is 0.460 e. The van der Waals surface area contributed by atoms with Crippen LogP contribution in [0.5, 0.6) is 0 Å². The number of nitriles is 1.